The number of hydrogen-bond acceptors (Lipinski definition) is 5. The van der Waals surface area contributed by atoms with E-state index in [4.69, 9.17) is 10.5 Å². The van der Waals surface area contributed by atoms with Crippen molar-refractivity contribution >= 4 is 11.4 Å². The Hall–Kier alpha value is -2.63. The number of nitrogen functional groups attached to an aromatic ring is 1. The van der Waals surface area contributed by atoms with Crippen molar-refractivity contribution in [3.8, 4) is 5.75 Å². The number of ether oxygens (including phenoxy) is 1. The van der Waals surface area contributed by atoms with E-state index in [1.165, 1.54) is 0 Å². The van der Waals surface area contributed by atoms with Gasteiger partial charge in [0.25, 0.3) is 0 Å². The standard InChI is InChI=1S/C13H13N3O3/c1-9-3-2-4-12(13(9)16(17)18)19-8-11-7-10(14)5-6-15-11/h2-7H,8H2,1H3,(H2,14,15). The third kappa shape index (κ3) is 2.98. The minimum Gasteiger partial charge on any atom is -0.480 e. The summed E-state index contributed by atoms with van der Waals surface area (Å²) in [5.74, 6) is 0.231. The zero-order valence-electron chi connectivity index (χ0n) is 10.4. The molecule has 6 heteroatoms. The molecule has 0 aliphatic carbocycles. The molecule has 0 aliphatic heterocycles. The first kappa shape index (κ1) is 12.8. The van der Waals surface area contributed by atoms with Crippen LogP contribution in [0.25, 0.3) is 0 Å². The zero-order chi connectivity index (χ0) is 13.8. The largest absolute Gasteiger partial charge is 0.480 e. The van der Waals surface area contributed by atoms with Crippen LogP contribution in [0.15, 0.2) is 36.5 Å². The van der Waals surface area contributed by atoms with Crippen molar-refractivity contribution in [2.45, 2.75) is 13.5 Å². The summed E-state index contributed by atoms with van der Waals surface area (Å²) in [4.78, 5) is 14.6. The molecule has 1 heterocycles. The molecular weight excluding hydrogens is 246 g/mol. The number of para-hydroxylation sites is 1. The molecule has 1 aromatic heterocycles. The quantitative estimate of drug-likeness (QED) is 0.672. The predicted octanol–water partition coefficient (Wildman–Crippen LogP) is 2.46. The highest BCUT2D eigenvalue weighted by Gasteiger charge is 2.18. The second kappa shape index (κ2) is 5.34. The van der Waals surface area contributed by atoms with E-state index in [0.717, 1.165) is 0 Å². The van der Waals surface area contributed by atoms with Crippen LogP contribution in [-0.2, 0) is 6.61 Å². The Morgan fingerprint density at radius 3 is 2.89 bits per heavy atom. The van der Waals surface area contributed by atoms with Crippen LogP contribution in [0.2, 0.25) is 0 Å². The lowest BCUT2D eigenvalue weighted by Crippen LogP contribution is -2.02. The molecule has 6 nitrogen and oxygen atoms in total. The number of nitro groups is 1. The minimum absolute atomic E-state index is 0.0218. The summed E-state index contributed by atoms with van der Waals surface area (Å²) in [6.07, 6.45) is 1.57. The molecule has 0 radical (unpaired) electrons. The number of aryl methyl sites for hydroxylation is 1. The van der Waals surface area contributed by atoms with E-state index in [1.807, 2.05) is 0 Å². The van der Waals surface area contributed by atoms with Crippen molar-refractivity contribution in [3.63, 3.8) is 0 Å². The van der Waals surface area contributed by atoms with Gasteiger partial charge in [0.2, 0.25) is 0 Å². The monoisotopic (exact) mass is 259 g/mol. The van der Waals surface area contributed by atoms with Gasteiger partial charge < -0.3 is 10.5 Å². The molecule has 1 aromatic carbocycles. The number of anilines is 1. The summed E-state index contributed by atoms with van der Waals surface area (Å²) in [5.41, 5.74) is 7.36. The Kier molecular flexibility index (Phi) is 3.61. The molecule has 2 N–H and O–H groups in total. The first-order valence-electron chi connectivity index (χ1n) is 5.65. The molecular formula is C13H13N3O3. The summed E-state index contributed by atoms with van der Waals surface area (Å²) in [6.45, 7) is 1.80. The Labute approximate surface area is 110 Å². The van der Waals surface area contributed by atoms with Gasteiger partial charge >= 0.3 is 5.69 Å². The van der Waals surface area contributed by atoms with Gasteiger partial charge in [-0.15, -0.1) is 0 Å². The molecule has 98 valence electrons. The van der Waals surface area contributed by atoms with E-state index in [2.05, 4.69) is 4.98 Å². The Morgan fingerprint density at radius 2 is 2.21 bits per heavy atom. The third-order valence-corrected chi connectivity index (χ3v) is 2.60. The Bertz CT molecular complexity index is 614. The molecule has 2 rings (SSSR count). The smallest absolute Gasteiger partial charge is 0.313 e. The van der Waals surface area contributed by atoms with Gasteiger partial charge in [0.1, 0.15) is 6.61 Å². The fourth-order valence-corrected chi connectivity index (χ4v) is 1.71. The molecule has 0 unspecified atom stereocenters. The van der Waals surface area contributed by atoms with Gasteiger partial charge in [-0.3, -0.25) is 15.1 Å². The van der Waals surface area contributed by atoms with Crippen LogP contribution < -0.4 is 10.5 Å². The summed E-state index contributed by atoms with van der Waals surface area (Å²) in [6, 6.07) is 8.28. The topological polar surface area (TPSA) is 91.3 Å². The lowest BCUT2D eigenvalue weighted by molar-refractivity contribution is -0.386. The van der Waals surface area contributed by atoms with Crippen molar-refractivity contribution < 1.29 is 9.66 Å². The molecule has 0 saturated carbocycles. The second-order valence-electron chi connectivity index (χ2n) is 4.05. The molecule has 19 heavy (non-hydrogen) atoms. The highest BCUT2D eigenvalue weighted by Crippen LogP contribution is 2.30. The van der Waals surface area contributed by atoms with Gasteiger partial charge in [-0.1, -0.05) is 12.1 Å². The zero-order valence-corrected chi connectivity index (χ0v) is 10.4. The third-order valence-electron chi connectivity index (χ3n) is 2.60. The van der Waals surface area contributed by atoms with E-state index in [0.29, 0.717) is 16.9 Å². The number of rotatable bonds is 4. The number of aromatic nitrogens is 1. The highest BCUT2D eigenvalue weighted by atomic mass is 16.6. The van der Waals surface area contributed by atoms with Gasteiger partial charge in [0.15, 0.2) is 5.75 Å². The highest BCUT2D eigenvalue weighted by molar-refractivity contribution is 5.52. The number of benzene rings is 1. The molecule has 0 atom stereocenters. The first-order chi connectivity index (χ1) is 9.08. The van der Waals surface area contributed by atoms with Crippen LogP contribution in [0.1, 0.15) is 11.3 Å². The van der Waals surface area contributed by atoms with Gasteiger partial charge in [-0.25, -0.2) is 0 Å². The van der Waals surface area contributed by atoms with Crippen molar-refractivity contribution in [3.05, 3.63) is 57.9 Å². The minimum atomic E-state index is -0.447. The maximum Gasteiger partial charge on any atom is 0.313 e. The van der Waals surface area contributed by atoms with E-state index >= 15 is 0 Å². The van der Waals surface area contributed by atoms with Gasteiger partial charge in [0, 0.05) is 17.4 Å². The van der Waals surface area contributed by atoms with Gasteiger partial charge in [-0.2, -0.15) is 0 Å². The van der Waals surface area contributed by atoms with Crippen LogP contribution in [-0.4, -0.2) is 9.91 Å². The van der Waals surface area contributed by atoms with Crippen LogP contribution in [0.3, 0.4) is 0 Å². The van der Waals surface area contributed by atoms with Crippen LogP contribution in [0.4, 0.5) is 11.4 Å². The number of hydrogen-bond donors (Lipinski definition) is 1. The van der Waals surface area contributed by atoms with Crippen molar-refractivity contribution in [1.82, 2.24) is 4.98 Å². The fraction of sp³-hybridized carbons (Fsp3) is 0.154. The molecule has 0 spiro atoms. The summed E-state index contributed by atoms with van der Waals surface area (Å²) in [5, 5.41) is 11.0. The van der Waals surface area contributed by atoms with E-state index in [-0.39, 0.29) is 18.0 Å². The second-order valence-corrected chi connectivity index (χ2v) is 4.05. The summed E-state index contributed by atoms with van der Waals surface area (Å²) < 4.78 is 5.46. The lowest BCUT2D eigenvalue weighted by atomic mass is 10.2. The predicted molar refractivity (Wildman–Crippen MR) is 70.8 cm³/mol. The van der Waals surface area contributed by atoms with Crippen molar-refractivity contribution in [1.29, 1.82) is 0 Å². The molecule has 2 aromatic rings. The molecule has 0 aliphatic rings. The van der Waals surface area contributed by atoms with E-state index in [1.54, 1.807) is 43.5 Å². The molecule has 0 amide bonds. The summed E-state index contributed by atoms with van der Waals surface area (Å²) in [7, 11) is 0. The fourth-order valence-electron chi connectivity index (χ4n) is 1.71. The van der Waals surface area contributed by atoms with Gasteiger partial charge in [-0.05, 0) is 25.1 Å². The Morgan fingerprint density at radius 1 is 1.42 bits per heavy atom. The first-order valence-corrected chi connectivity index (χ1v) is 5.65. The average Bonchev–Trinajstić information content (AvgIpc) is 2.36. The SMILES string of the molecule is Cc1cccc(OCc2cc(N)ccn2)c1[N+](=O)[O-]. The van der Waals surface area contributed by atoms with Crippen molar-refractivity contribution in [2.24, 2.45) is 0 Å². The number of nitro benzene ring substituents is 1. The molecule has 0 bridgehead atoms. The maximum absolute atomic E-state index is 11.0. The number of pyridine rings is 1. The molecule has 0 fully saturated rings. The number of nitrogens with two attached hydrogens (primary N) is 1. The van der Waals surface area contributed by atoms with E-state index in [9.17, 15) is 10.1 Å². The number of nitrogens with zero attached hydrogens (tertiary/aromatic N) is 2. The van der Waals surface area contributed by atoms with E-state index < -0.39 is 4.92 Å². The maximum atomic E-state index is 11.0. The van der Waals surface area contributed by atoms with Crippen LogP contribution >= 0.6 is 0 Å². The average molecular weight is 259 g/mol. The Balaban J connectivity index is 2.20. The lowest BCUT2D eigenvalue weighted by Gasteiger charge is -2.08. The normalized spacial score (nSPS) is 10.2. The summed E-state index contributed by atoms with van der Waals surface area (Å²) >= 11 is 0. The van der Waals surface area contributed by atoms with Crippen LogP contribution in [0.5, 0.6) is 5.75 Å². The van der Waals surface area contributed by atoms with Gasteiger partial charge in [0.05, 0.1) is 10.6 Å². The van der Waals surface area contributed by atoms with Crippen LogP contribution in [0, 0.1) is 17.0 Å². The molecule has 0 saturated heterocycles. The van der Waals surface area contributed by atoms with Crippen molar-refractivity contribution in [2.75, 3.05) is 5.73 Å².